The van der Waals surface area contributed by atoms with Crippen molar-refractivity contribution in [1.29, 1.82) is 0 Å². The van der Waals surface area contributed by atoms with Crippen molar-refractivity contribution in [3.05, 3.63) is 30.0 Å². The van der Waals surface area contributed by atoms with Gasteiger partial charge in [-0.2, -0.15) is 0 Å². The Morgan fingerprint density at radius 2 is 2.12 bits per heavy atom. The SMILES string of the molecule is CC=Nc1c(N)ncc(/C=C\C=C/C)c1NCC(C)(CCCC)OC. The molecule has 0 aliphatic carbocycles. The molecule has 138 valence electrons. The summed E-state index contributed by atoms with van der Waals surface area (Å²) in [5.74, 6) is 0.413. The summed E-state index contributed by atoms with van der Waals surface area (Å²) in [7, 11) is 1.76. The highest BCUT2D eigenvalue weighted by Crippen LogP contribution is 2.34. The van der Waals surface area contributed by atoms with Gasteiger partial charge in [0.1, 0.15) is 5.69 Å². The third kappa shape index (κ3) is 6.35. The van der Waals surface area contributed by atoms with E-state index in [0.717, 1.165) is 30.5 Å². The standard InChI is InChI=1S/C20H32N4O/c1-6-9-11-12-16-14-23-19(21)18(22-8-3)17(16)24-15-20(4,25-5)13-10-7-2/h6,8-9,11-12,14H,7,10,13,15H2,1-5H3,(H3,21,23,24)/b9-6-,12-11-,22-8?. The van der Waals surface area contributed by atoms with Gasteiger partial charge in [0.05, 0.1) is 11.3 Å². The molecule has 25 heavy (non-hydrogen) atoms. The summed E-state index contributed by atoms with van der Waals surface area (Å²) in [4.78, 5) is 8.68. The van der Waals surface area contributed by atoms with Crippen LogP contribution in [0.2, 0.25) is 0 Å². The van der Waals surface area contributed by atoms with Crippen molar-refractivity contribution in [1.82, 2.24) is 4.98 Å². The minimum atomic E-state index is -0.244. The molecule has 5 heteroatoms. The molecule has 0 amide bonds. The number of nitrogens with zero attached hydrogens (tertiary/aromatic N) is 2. The second-order valence-electron chi connectivity index (χ2n) is 6.21. The lowest BCUT2D eigenvalue weighted by Crippen LogP contribution is -2.36. The van der Waals surface area contributed by atoms with Gasteiger partial charge in [-0.15, -0.1) is 0 Å². The fourth-order valence-corrected chi connectivity index (χ4v) is 2.46. The second kappa shape index (κ2) is 10.7. The summed E-state index contributed by atoms with van der Waals surface area (Å²) in [5.41, 5.74) is 8.30. The van der Waals surface area contributed by atoms with Crippen LogP contribution in [0.4, 0.5) is 17.2 Å². The van der Waals surface area contributed by atoms with Gasteiger partial charge in [-0.25, -0.2) is 4.98 Å². The number of hydrogen-bond acceptors (Lipinski definition) is 5. The van der Waals surface area contributed by atoms with Gasteiger partial charge >= 0.3 is 0 Å². The number of nitrogens with one attached hydrogen (secondary N) is 1. The number of ether oxygens (including phenoxy) is 1. The third-order valence-corrected chi connectivity index (χ3v) is 4.14. The smallest absolute Gasteiger partial charge is 0.151 e. The van der Waals surface area contributed by atoms with Crippen LogP contribution in [0, 0.1) is 0 Å². The molecule has 1 aromatic heterocycles. The van der Waals surface area contributed by atoms with E-state index in [1.54, 1.807) is 19.5 Å². The maximum atomic E-state index is 6.05. The first-order valence-electron chi connectivity index (χ1n) is 8.86. The lowest BCUT2D eigenvalue weighted by molar-refractivity contribution is 0.00863. The first-order valence-corrected chi connectivity index (χ1v) is 8.86. The molecule has 0 saturated heterocycles. The van der Waals surface area contributed by atoms with E-state index in [2.05, 4.69) is 29.1 Å². The number of aromatic nitrogens is 1. The van der Waals surface area contributed by atoms with E-state index < -0.39 is 0 Å². The van der Waals surface area contributed by atoms with Gasteiger partial charge in [0.25, 0.3) is 0 Å². The van der Waals surface area contributed by atoms with Gasteiger partial charge in [-0.05, 0) is 27.2 Å². The molecular formula is C20H32N4O. The molecule has 0 fully saturated rings. The maximum absolute atomic E-state index is 6.05. The van der Waals surface area contributed by atoms with Crippen LogP contribution in [0.15, 0.2) is 29.4 Å². The number of aliphatic imine (C=N–C) groups is 1. The molecule has 5 nitrogen and oxygen atoms in total. The van der Waals surface area contributed by atoms with Crippen LogP contribution in [0.1, 0.15) is 52.5 Å². The topological polar surface area (TPSA) is 72.5 Å². The average Bonchev–Trinajstić information content (AvgIpc) is 2.62. The Morgan fingerprint density at radius 3 is 2.72 bits per heavy atom. The number of unbranched alkanes of at least 4 members (excludes halogenated alkanes) is 1. The Kier molecular flexibility index (Phi) is 8.92. The molecule has 0 radical (unpaired) electrons. The van der Waals surface area contributed by atoms with Gasteiger partial charge in [-0.1, -0.05) is 44.1 Å². The molecule has 0 spiro atoms. The fraction of sp³-hybridized carbons (Fsp3) is 0.500. The first-order chi connectivity index (χ1) is 12.0. The Morgan fingerprint density at radius 1 is 1.36 bits per heavy atom. The van der Waals surface area contributed by atoms with E-state index in [0.29, 0.717) is 18.1 Å². The van der Waals surface area contributed by atoms with E-state index in [-0.39, 0.29) is 5.60 Å². The molecule has 1 unspecified atom stereocenters. The average molecular weight is 345 g/mol. The van der Waals surface area contributed by atoms with Gasteiger partial charge in [-0.3, -0.25) is 4.99 Å². The largest absolute Gasteiger partial charge is 0.382 e. The number of allylic oxidation sites excluding steroid dienone is 3. The van der Waals surface area contributed by atoms with Gasteiger partial charge in [0, 0.05) is 31.6 Å². The van der Waals surface area contributed by atoms with Crippen LogP contribution in [0.5, 0.6) is 0 Å². The minimum Gasteiger partial charge on any atom is -0.382 e. The molecule has 1 rings (SSSR count). The molecule has 3 N–H and O–H groups in total. The summed E-state index contributed by atoms with van der Waals surface area (Å²) in [6.45, 7) is 8.83. The monoisotopic (exact) mass is 344 g/mol. The van der Waals surface area contributed by atoms with Crippen molar-refractivity contribution in [2.45, 2.75) is 52.6 Å². The predicted octanol–water partition coefficient (Wildman–Crippen LogP) is 4.98. The number of pyridine rings is 1. The number of anilines is 2. The molecule has 1 aromatic rings. The third-order valence-electron chi connectivity index (χ3n) is 4.14. The van der Waals surface area contributed by atoms with Crippen LogP contribution in [0.3, 0.4) is 0 Å². The summed E-state index contributed by atoms with van der Waals surface area (Å²) in [5, 5.41) is 3.50. The van der Waals surface area contributed by atoms with Gasteiger partial charge in [0.15, 0.2) is 5.82 Å². The van der Waals surface area contributed by atoms with E-state index in [4.69, 9.17) is 10.5 Å². The van der Waals surface area contributed by atoms with E-state index >= 15 is 0 Å². The summed E-state index contributed by atoms with van der Waals surface area (Å²) in [6.07, 6.45) is 14.7. The van der Waals surface area contributed by atoms with Gasteiger partial charge in [0.2, 0.25) is 0 Å². The number of hydrogen-bond donors (Lipinski definition) is 2. The van der Waals surface area contributed by atoms with Gasteiger partial charge < -0.3 is 15.8 Å². The lowest BCUT2D eigenvalue weighted by atomic mass is 9.98. The van der Waals surface area contributed by atoms with Crippen LogP contribution in [0.25, 0.3) is 6.08 Å². The van der Waals surface area contributed by atoms with Crippen LogP contribution < -0.4 is 11.1 Å². The molecular weight excluding hydrogens is 312 g/mol. The van der Waals surface area contributed by atoms with Crippen molar-refractivity contribution in [2.75, 3.05) is 24.7 Å². The lowest BCUT2D eigenvalue weighted by Gasteiger charge is -2.29. The first kappa shape index (κ1) is 20.9. The summed E-state index contributed by atoms with van der Waals surface area (Å²) >= 11 is 0. The Hall–Kier alpha value is -2.14. The van der Waals surface area contributed by atoms with Crippen LogP contribution in [-0.4, -0.2) is 30.5 Å². The molecule has 0 aliphatic heterocycles. The van der Waals surface area contributed by atoms with Crippen molar-refractivity contribution in [2.24, 2.45) is 4.99 Å². The molecule has 1 atom stereocenters. The van der Waals surface area contributed by atoms with Crippen LogP contribution in [-0.2, 0) is 4.74 Å². The Balaban J connectivity index is 3.18. The van der Waals surface area contributed by atoms with E-state index in [1.165, 1.54) is 0 Å². The summed E-state index contributed by atoms with van der Waals surface area (Å²) in [6, 6.07) is 0. The molecule has 0 bridgehead atoms. The Bertz CT molecular complexity index is 622. The quantitative estimate of drug-likeness (QED) is 0.463. The van der Waals surface area contributed by atoms with Crippen molar-refractivity contribution in [3.63, 3.8) is 0 Å². The molecule has 0 aliphatic rings. The highest BCUT2D eigenvalue weighted by Gasteiger charge is 2.24. The van der Waals surface area contributed by atoms with E-state index in [1.807, 2.05) is 38.2 Å². The minimum absolute atomic E-state index is 0.244. The highest BCUT2D eigenvalue weighted by molar-refractivity contribution is 5.85. The van der Waals surface area contributed by atoms with Crippen molar-refractivity contribution >= 4 is 29.5 Å². The molecule has 0 saturated carbocycles. The van der Waals surface area contributed by atoms with E-state index in [9.17, 15) is 0 Å². The second-order valence-corrected chi connectivity index (χ2v) is 6.21. The summed E-state index contributed by atoms with van der Waals surface area (Å²) < 4.78 is 5.75. The van der Waals surface area contributed by atoms with Crippen LogP contribution >= 0.6 is 0 Å². The number of rotatable bonds is 10. The fourth-order valence-electron chi connectivity index (χ4n) is 2.46. The van der Waals surface area contributed by atoms with Crippen molar-refractivity contribution < 1.29 is 4.74 Å². The maximum Gasteiger partial charge on any atom is 0.151 e. The number of nitrogen functional groups attached to an aromatic ring is 1. The predicted molar refractivity (Wildman–Crippen MR) is 110 cm³/mol. The van der Waals surface area contributed by atoms with Crippen molar-refractivity contribution in [3.8, 4) is 0 Å². The molecule has 1 heterocycles. The zero-order valence-electron chi connectivity index (χ0n) is 16.2. The molecule has 0 aromatic carbocycles. The number of nitrogens with two attached hydrogens (primary N) is 1. The zero-order valence-corrected chi connectivity index (χ0v) is 16.2. The number of methoxy groups -OCH3 is 1. The highest BCUT2D eigenvalue weighted by atomic mass is 16.5. The normalized spacial score (nSPS) is 14.6. The Labute approximate surface area is 152 Å². The zero-order chi connectivity index (χ0) is 18.7.